The minimum Gasteiger partial charge on any atom is -0.352 e. The van der Waals surface area contributed by atoms with Crippen LogP contribution < -0.4 is 5.32 Å². The topological polar surface area (TPSA) is 72.2 Å². The quantitative estimate of drug-likeness (QED) is 0.487. The third-order valence-electron chi connectivity index (χ3n) is 2.90. The molecule has 0 fully saturated rings. The van der Waals surface area contributed by atoms with Gasteiger partial charge in [-0.3, -0.25) is 14.9 Å². The van der Waals surface area contributed by atoms with Gasteiger partial charge in [0.25, 0.3) is 11.6 Å². The molecule has 0 saturated carbocycles. The number of nitro benzene ring substituents is 1. The normalized spacial score (nSPS) is 10.5. The Labute approximate surface area is 113 Å². The lowest BCUT2D eigenvalue weighted by Crippen LogP contribution is -2.24. The molecule has 1 aromatic carbocycles. The Kier molecular flexibility index (Phi) is 5.48. The Hall–Kier alpha value is -1.91. The van der Waals surface area contributed by atoms with Gasteiger partial charge in [0.2, 0.25) is 0 Å². The van der Waals surface area contributed by atoms with Crippen LogP contribution in [-0.4, -0.2) is 17.4 Å². The summed E-state index contributed by atoms with van der Waals surface area (Å²) in [5.74, 6) is 0.445. The molecular weight excluding hydrogens is 244 g/mol. The maximum Gasteiger partial charge on any atom is 0.272 e. The van der Waals surface area contributed by atoms with Crippen molar-refractivity contribution in [2.24, 2.45) is 5.92 Å². The first-order valence-corrected chi connectivity index (χ1v) is 6.45. The third-order valence-corrected chi connectivity index (χ3v) is 2.90. The maximum absolute atomic E-state index is 11.8. The van der Waals surface area contributed by atoms with Gasteiger partial charge >= 0.3 is 0 Å². The van der Waals surface area contributed by atoms with E-state index in [1.54, 1.807) is 13.0 Å². The maximum atomic E-state index is 11.8. The van der Waals surface area contributed by atoms with Crippen LogP contribution in [0.4, 0.5) is 5.69 Å². The number of hydrogen-bond donors (Lipinski definition) is 1. The second kappa shape index (κ2) is 6.87. The van der Waals surface area contributed by atoms with Crippen molar-refractivity contribution in [1.82, 2.24) is 5.32 Å². The summed E-state index contributed by atoms with van der Waals surface area (Å²) in [5, 5.41) is 13.5. The lowest BCUT2D eigenvalue weighted by Gasteiger charge is -2.07. The van der Waals surface area contributed by atoms with Crippen LogP contribution in [0.25, 0.3) is 0 Å². The first kappa shape index (κ1) is 15.1. The Morgan fingerprint density at radius 2 is 2.11 bits per heavy atom. The van der Waals surface area contributed by atoms with Gasteiger partial charge in [-0.25, -0.2) is 0 Å². The number of nitrogens with zero attached hydrogens (tertiary/aromatic N) is 1. The van der Waals surface area contributed by atoms with E-state index in [2.05, 4.69) is 19.2 Å². The van der Waals surface area contributed by atoms with Crippen LogP contribution >= 0.6 is 0 Å². The van der Waals surface area contributed by atoms with Crippen molar-refractivity contribution >= 4 is 11.6 Å². The smallest absolute Gasteiger partial charge is 0.272 e. The van der Waals surface area contributed by atoms with Crippen molar-refractivity contribution in [2.75, 3.05) is 6.54 Å². The predicted octanol–water partition coefficient (Wildman–Crippen LogP) is 3.07. The number of aryl methyl sites for hydroxylation is 1. The molecule has 19 heavy (non-hydrogen) atoms. The van der Waals surface area contributed by atoms with E-state index in [9.17, 15) is 14.9 Å². The molecule has 0 radical (unpaired) electrons. The van der Waals surface area contributed by atoms with Crippen LogP contribution in [0.15, 0.2) is 18.2 Å². The lowest BCUT2D eigenvalue weighted by molar-refractivity contribution is -0.385. The second-order valence-corrected chi connectivity index (χ2v) is 5.05. The van der Waals surface area contributed by atoms with Gasteiger partial charge in [0.1, 0.15) is 0 Å². The Morgan fingerprint density at radius 3 is 2.63 bits per heavy atom. The van der Waals surface area contributed by atoms with Gasteiger partial charge in [-0.05, 0) is 37.8 Å². The minimum atomic E-state index is -0.445. The van der Waals surface area contributed by atoms with E-state index in [0.717, 1.165) is 12.8 Å². The summed E-state index contributed by atoms with van der Waals surface area (Å²) in [7, 11) is 0. The molecule has 1 amide bonds. The third kappa shape index (κ3) is 4.69. The monoisotopic (exact) mass is 264 g/mol. The second-order valence-electron chi connectivity index (χ2n) is 5.05. The number of rotatable bonds is 6. The summed E-state index contributed by atoms with van der Waals surface area (Å²) in [6.07, 6.45) is 2.01. The van der Waals surface area contributed by atoms with Crippen molar-refractivity contribution in [1.29, 1.82) is 0 Å². The molecule has 1 rings (SSSR count). The lowest BCUT2D eigenvalue weighted by atomic mass is 10.1. The molecule has 5 heteroatoms. The Morgan fingerprint density at radius 1 is 1.42 bits per heavy atom. The molecule has 0 unspecified atom stereocenters. The van der Waals surface area contributed by atoms with Gasteiger partial charge < -0.3 is 5.32 Å². The van der Waals surface area contributed by atoms with E-state index < -0.39 is 4.92 Å². The molecule has 0 aromatic heterocycles. The zero-order valence-corrected chi connectivity index (χ0v) is 11.6. The fourth-order valence-corrected chi connectivity index (χ4v) is 1.82. The highest BCUT2D eigenvalue weighted by Crippen LogP contribution is 2.18. The van der Waals surface area contributed by atoms with Crippen molar-refractivity contribution < 1.29 is 9.72 Å². The van der Waals surface area contributed by atoms with E-state index in [1.807, 2.05) is 0 Å². The molecule has 0 atom stereocenters. The van der Waals surface area contributed by atoms with E-state index in [0.29, 0.717) is 23.6 Å². The van der Waals surface area contributed by atoms with Crippen LogP contribution in [-0.2, 0) is 0 Å². The van der Waals surface area contributed by atoms with Gasteiger partial charge in [-0.15, -0.1) is 0 Å². The van der Waals surface area contributed by atoms with Crippen LogP contribution in [0.2, 0.25) is 0 Å². The molecule has 0 heterocycles. The fourth-order valence-electron chi connectivity index (χ4n) is 1.82. The number of nitrogens with one attached hydrogen (secondary N) is 1. The molecule has 1 N–H and O–H groups in total. The average Bonchev–Trinajstić information content (AvgIpc) is 2.33. The predicted molar refractivity (Wildman–Crippen MR) is 74.2 cm³/mol. The van der Waals surface area contributed by atoms with Crippen LogP contribution in [0, 0.1) is 23.0 Å². The molecule has 104 valence electrons. The molecule has 0 bridgehead atoms. The Bertz CT molecular complexity index is 470. The standard InChI is InChI=1S/C14H20N2O3/c1-10(2)5-4-8-15-14(17)12-6-7-13(16(18)19)11(3)9-12/h6-7,9-10H,4-5,8H2,1-3H3,(H,15,17). The first-order valence-electron chi connectivity index (χ1n) is 6.45. The van der Waals surface area contributed by atoms with Gasteiger partial charge in [0.15, 0.2) is 0 Å². The largest absolute Gasteiger partial charge is 0.352 e. The summed E-state index contributed by atoms with van der Waals surface area (Å²) in [6, 6.07) is 4.41. The number of hydrogen-bond acceptors (Lipinski definition) is 3. The van der Waals surface area contributed by atoms with Crippen molar-refractivity contribution in [3.8, 4) is 0 Å². The van der Waals surface area contributed by atoms with E-state index in [4.69, 9.17) is 0 Å². The zero-order valence-electron chi connectivity index (χ0n) is 11.6. The average molecular weight is 264 g/mol. The number of amides is 1. The summed E-state index contributed by atoms with van der Waals surface area (Å²) < 4.78 is 0. The number of carbonyl (C=O) groups excluding carboxylic acids is 1. The van der Waals surface area contributed by atoms with Gasteiger partial charge in [-0.1, -0.05) is 13.8 Å². The van der Waals surface area contributed by atoms with Crippen molar-refractivity contribution in [3.05, 3.63) is 39.4 Å². The first-order chi connectivity index (χ1) is 8.91. The SMILES string of the molecule is Cc1cc(C(=O)NCCCC(C)C)ccc1[N+](=O)[O-]. The summed E-state index contributed by atoms with van der Waals surface area (Å²) in [6.45, 7) is 6.55. The Balaban J connectivity index is 2.58. The summed E-state index contributed by atoms with van der Waals surface area (Å²) in [4.78, 5) is 22.1. The summed E-state index contributed by atoms with van der Waals surface area (Å²) >= 11 is 0. The fraction of sp³-hybridized carbons (Fsp3) is 0.500. The van der Waals surface area contributed by atoms with Crippen LogP contribution in [0.5, 0.6) is 0 Å². The van der Waals surface area contributed by atoms with E-state index in [1.165, 1.54) is 12.1 Å². The van der Waals surface area contributed by atoms with Crippen LogP contribution in [0.3, 0.4) is 0 Å². The molecular formula is C14H20N2O3. The van der Waals surface area contributed by atoms with Crippen molar-refractivity contribution in [3.63, 3.8) is 0 Å². The van der Waals surface area contributed by atoms with E-state index in [-0.39, 0.29) is 11.6 Å². The summed E-state index contributed by atoms with van der Waals surface area (Å²) in [5.41, 5.74) is 1.00. The molecule has 5 nitrogen and oxygen atoms in total. The van der Waals surface area contributed by atoms with Gasteiger partial charge in [-0.2, -0.15) is 0 Å². The van der Waals surface area contributed by atoms with Gasteiger partial charge in [0, 0.05) is 23.7 Å². The molecule has 0 saturated heterocycles. The molecule has 0 aliphatic heterocycles. The molecule has 1 aromatic rings. The number of nitro groups is 1. The highest BCUT2D eigenvalue weighted by molar-refractivity contribution is 5.94. The number of benzene rings is 1. The van der Waals surface area contributed by atoms with Gasteiger partial charge in [0.05, 0.1) is 4.92 Å². The zero-order chi connectivity index (χ0) is 14.4. The highest BCUT2D eigenvalue weighted by Gasteiger charge is 2.13. The number of carbonyl (C=O) groups is 1. The minimum absolute atomic E-state index is 0.0383. The molecule has 0 spiro atoms. The van der Waals surface area contributed by atoms with E-state index >= 15 is 0 Å². The van der Waals surface area contributed by atoms with Crippen molar-refractivity contribution in [2.45, 2.75) is 33.6 Å². The van der Waals surface area contributed by atoms with Crippen LogP contribution in [0.1, 0.15) is 42.6 Å². The molecule has 0 aliphatic rings. The molecule has 0 aliphatic carbocycles. The highest BCUT2D eigenvalue weighted by atomic mass is 16.6.